The number of fused-ring (bicyclic) bond motifs is 4. The van der Waals surface area contributed by atoms with E-state index in [1.54, 1.807) is 0 Å². The van der Waals surface area contributed by atoms with Crippen molar-refractivity contribution in [3.05, 3.63) is 57.6 Å². The summed E-state index contributed by atoms with van der Waals surface area (Å²) in [4.78, 5) is 35.3. The molecule has 3 aliphatic rings. The van der Waals surface area contributed by atoms with Crippen molar-refractivity contribution in [3.8, 4) is 11.5 Å². The number of carbonyl (C=O) groups excluding carboxylic acids is 3. The van der Waals surface area contributed by atoms with Crippen LogP contribution in [0.25, 0.3) is 0 Å². The molecule has 0 atom stereocenters. The molecule has 2 aromatic carbocycles. The van der Waals surface area contributed by atoms with E-state index in [0.29, 0.717) is 18.2 Å². The van der Waals surface area contributed by atoms with Crippen LogP contribution >= 0.6 is 0 Å². The third kappa shape index (κ3) is 2.27. The highest BCUT2D eigenvalue weighted by atomic mass is 19.4. The van der Waals surface area contributed by atoms with E-state index >= 15 is 0 Å². The van der Waals surface area contributed by atoms with Gasteiger partial charge in [-0.1, -0.05) is 0 Å². The summed E-state index contributed by atoms with van der Waals surface area (Å²) < 4.78 is 100. The molecule has 0 aliphatic carbocycles. The van der Waals surface area contributed by atoms with Crippen molar-refractivity contribution in [1.29, 1.82) is 0 Å². The third-order valence-corrected chi connectivity index (χ3v) is 5.41. The molecule has 0 unspecified atom stereocenters. The van der Waals surface area contributed by atoms with Gasteiger partial charge in [0.05, 0.1) is 16.7 Å². The topological polar surface area (TPSA) is 78.9 Å². The summed E-state index contributed by atoms with van der Waals surface area (Å²) >= 11 is 0. The summed E-state index contributed by atoms with van der Waals surface area (Å²) in [6.07, 6.45) is -11.9. The van der Waals surface area contributed by atoms with Crippen molar-refractivity contribution in [2.24, 2.45) is 0 Å². The van der Waals surface area contributed by atoms with Crippen LogP contribution in [0.2, 0.25) is 0 Å². The van der Waals surface area contributed by atoms with Gasteiger partial charge in [0.15, 0.2) is 0 Å². The lowest BCUT2D eigenvalue weighted by Crippen LogP contribution is -2.56. The van der Waals surface area contributed by atoms with E-state index in [-0.39, 0.29) is 11.1 Å². The molecule has 0 saturated carbocycles. The molecule has 12 heteroatoms. The van der Waals surface area contributed by atoms with Crippen LogP contribution < -0.4 is 4.74 Å². The fourth-order valence-electron chi connectivity index (χ4n) is 4.06. The highest BCUT2D eigenvalue weighted by Crippen LogP contribution is 2.63. The van der Waals surface area contributed by atoms with Gasteiger partial charge in [0.1, 0.15) is 18.1 Å². The summed E-state index contributed by atoms with van der Waals surface area (Å²) in [7, 11) is 0. The van der Waals surface area contributed by atoms with E-state index in [1.807, 2.05) is 0 Å². The molecule has 160 valence electrons. The summed E-state index contributed by atoms with van der Waals surface area (Å²) in [6.45, 7) is -0.509. The maximum absolute atomic E-state index is 14.3. The molecule has 0 bridgehead atoms. The van der Waals surface area contributed by atoms with Crippen LogP contribution in [0.15, 0.2) is 24.3 Å². The van der Waals surface area contributed by atoms with Gasteiger partial charge in [0.2, 0.25) is 5.41 Å². The number of halogens is 6. The average molecular weight is 444 g/mol. The molecule has 3 aliphatic heterocycles. The highest BCUT2D eigenvalue weighted by molar-refractivity contribution is 6.15. The number of rotatable bonds is 0. The van der Waals surface area contributed by atoms with E-state index in [2.05, 4.69) is 9.47 Å². The van der Waals surface area contributed by atoms with Crippen LogP contribution in [0.1, 0.15) is 47.8 Å². The molecule has 0 amide bonds. The van der Waals surface area contributed by atoms with E-state index in [9.17, 15) is 40.7 Å². The largest absolute Gasteiger partial charge is 0.457 e. The Balaban J connectivity index is 1.92. The van der Waals surface area contributed by atoms with Gasteiger partial charge in [-0.3, -0.25) is 0 Å². The van der Waals surface area contributed by atoms with Crippen molar-refractivity contribution >= 4 is 17.9 Å². The first-order valence-corrected chi connectivity index (χ1v) is 8.47. The Bertz CT molecular complexity index is 1210. The van der Waals surface area contributed by atoms with E-state index < -0.39 is 76.0 Å². The second kappa shape index (κ2) is 5.56. The average Bonchev–Trinajstić information content (AvgIpc) is 3.14. The Morgan fingerprint density at radius 2 is 1.19 bits per heavy atom. The number of ether oxygens (including phenoxy) is 3. The van der Waals surface area contributed by atoms with E-state index in [1.165, 1.54) is 0 Å². The third-order valence-electron chi connectivity index (χ3n) is 5.41. The molecule has 0 radical (unpaired) electrons. The van der Waals surface area contributed by atoms with Gasteiger partial charge in [0.25, 0.3) is 0 Å². The first kappa shape index (κ1) is 19.4. The molecule has 31 heavy (non-hydrogen) atoms. The smallest absolute Gasteiger partial charge is 0.411 e. The van der Waals surface area contributed by atoms with Gasteiger partial charge >= 0.3 is 30.3 Å². The quantitative estimate of drug-likeness (QED) is 0.345. The van der Waals surface area contributed by atoms with Gasteiger partial charge in [-0.05, 0) is 24.3 Å². The minimum Gasteiger partial charge on any atom is -0.457 e. The SMILES string of the molecule is O=C1OCc2cc3c(cc21)Oc1cc2c(cc1C3(C(F)(F)F)C(F)(F)F)C(=O)OC2=O. The van der Waals surface area contributed by atoms with Crippen LogP contribution in [-0.2, 0) is 21.5 Å². The van der Waals surface area contributed by atoms with Crippen LogP contribution in [0.5, 0.6) is 11.5 Å². The zero-order valence-electron chi connectivity index (χ0n) is 14.7. The van der Waals surface area contributed by atoms with Crippen molar-refractivity contribution in [2.45, 2.75) is 24.4 Å². The van der Waals surface area contributed by atoms with Gasteiger partial charge in [-0.25, -0.2) is 14.4 Å². The number of benzene rings is 2. The summed E-state index contributed by atoms with van der Waals surface area (Å²) in [6, 6.07) is 2.22. The number of cyclic esters (lactones) is 3. The number of hydrogen-bond acceptors (Lipinski definition) is 6. The Morgan fingerprint density at radius 1 is 0.677 bits per heavy atom. The normalized spacial score (nSPS) is 18.5. The summed E-state index contributed by atoms with van der Waals surface area (Å²) in [5.74, 6) is -5.37. The van der Waals surface area contributed by atoms with Crippen molar-refractivity contribution in [2.75, 3.05) is 0 Å². The fourth-order valence-corrected chi connectivity index (χ4v) is 4.06. The van der Waals surface area contributed by atoms with Gasteiger partial charge in [0, 0.05) is 16.7 Å². The zero-order chi connectivity index (χ0) is 22.5. The fraction of sp³-hybridized carbons (Fsp3) is 0.211. The molecule has 3 heterocycles. The van der Waals surface area contributed by atoms with E-state index in [4.69, 9.17) is 4.74 Å². The number of hydrogen-bond donors (Lipinski definition) is 0. The Kier molecular flexibility index (Phi) is 3.48. The Labute approximate surface area is 167 Å². The number of esters is 3. The maximum atomic E-state index is 14.3. The van der Waals surface area contributed by atoms with Crippen molar-refractivity contribution in [1.82, 2.24) is 0 Å². The molecule has 0 spiro atoms. The molecule has 0 N–H and O–H groups in total. The minimum atomic E-state index is -5.95. The van der Waals surface area contributed by atoms with Crippen LogP contribution in [-0.4, -0.2) is 30.3 Å². The van der Waals surface area contributed by atoms with Crippen LogP contribution in [0.3, 0.4) is 0 Å². The van der Waals surface area contributed by atoms with Gasteiger partial charge in [-0.2, -0.15) is 26.3 Å². The van der Waals surface area contributed by atoms with Crippen molar-refractivity contribution in [3.63, 3.8) is 0 Å². The zero-order valence-corrected chi connectivity index (χ0v) is 14.7. The summed E-state index contributed by atoms with van der Waals surface area (Å²) in [5, 5.41) is 0. The Morgan fingerprint density at radius 3 is 1.77 bits per heavy atom. The van der Waals surface area contributed by atoms with Gasteiger partial charge in [-0.15, -0.1) is 0 Å². The standard InChI is InChI=1S/C19H6F6O6/c20-18(21,22)17(19(23,24)25)10-1-6-5-29-14(26)7(6)3-12(10)30-13-4-9-8(2-11(13)17)15(27)31-16(9)28/h1-4H,5H2. The first-order valence-electron chi connectivity index (χ1n) is 8.47. The summed E-state index contributed by atoms with van der Waals surface area (Å²) in [5.41, 5.74) is -9.03. The molecule has 5 rings (SSSR count). The van der Waals surface area contributed by atoms with Crippen LogP contribution in [0, 0.1) is 0 Å². The molecule has 0 saturated heterocycles. The highest BCUT2D eigenvalue weighted by Gasteiger charge is 2.75. The Hall–Kier alpha value is -3.57. The molecular weight excluding hydrogens is 438 g/mol. The molecule has 2 aromatic rings. The predicted octanol–water partition coefficient (Wildman–Crippen LogP) is 4.18. The van der Waals surface area contributed by atoms with Crippen LogP contribution in [0.4, 0.5) is 26.3 Å². The number of alkyl halides is 6. The minimum absolute atomic E-state index is 0.176. The second-order valence-electron chi connectivity index (χ2n) is 7.00. The molecular formula is C19H6F6O6. The van der Waals surface area contributed by atoms with E-state index in [0.717, 1.165) is 6.07 Å². The molecule has 0 aromatic heterocycles. The lowest BCUT2D eigenvalue weighted by molar-refractivity contribution is -0.290. The number of carbonyl (C=O) groups is 3. The molecule has 6 nitrogen and oxygen atoms in total. The monoisotopic (exact) mass is 444 g/mol. The lowest BCUT2D eigenvalue weighted by atomic mass is 9.69. The first-order chi connectivity index (χ1) is 14.4. The predicted molar refractivity (Wildman–Crippen MR) is 84.7 cm³/mol. The van der Waals surface area contributed by atoms with Crippen molar-refractivity contribution < 1.29 is 54.9 Å². The second-order valence-corrected chi connectivity index (χ2v) is 7.00. The maximum Gasteiger partial charge on any atom is 0.411 e. The molecule has 0 fully saturated rings. The van der Waals surface area contributed by atoms with Gasteiger partial charge < -0.3 is 14.2 Å². The lowest BCUT2D eigenvalue weighted by Gasteiger charge is -2.42.